The molecule has 0 saturated heterocycles. The first-order chi connectivity index (χ1) is 14.7. The topological polar surface area (TPSA) is 122 Å². The number of H-pyrrole nitrogens is 1. The van der Waals surface area contributed by atoms with Crippen LogP contribution in [0.3, 0.4) is 0 Å². The number of amides is 1. The molecule has 3 aromatic heterocycles. The van der Waals surface area contributed by atoms with Crippen LogP contribution < -0.4 is 10.1 Å². The van der Waals surface area contributed by atoms with Crippen molar-refractivity contribution in [3.63, 3.8) is 0 Å². The third kappa shape index (κ3) is 4.02. The Morgan fingerprint density at radius 3 is 3.13 bits per heavy atom. The molecule has 148 valence electrons. The Hall–Kier alpha value is -4.45. The Morgan fingerprint density at radius 2 is 2.30 bits per heavy atom. The zero-order valence-corrected chi connectivity index (χ0v) is 15.9. The number of nitrogens with one attached hydrogen (secondary N) is 2. The van der Waals surface area contributed by atoms with E-state index in [1.807, 2.05) is 12.4 Å². The summed E-state index contributed by atoms with van der Waals surface area (Å²) in [4.78, 5) is 23.5. The highest BCUT2D eigenvalue weighted by Crippen LogP contribution is 2.29. The number of fused-ring (bicyclic) bond motifs is 1. The summed E-state index contributed by atoms with van der Waals surface area (Å²) in [6.07, 6.45) is 8.50. The monoisotopic (exact) mass is 399 g/mol. The van der Waals surface area contributed by atoms with Gasteiger partial charge in [0.1, 0.15) is 11.3 Å². The number of nitriles is 1. The summed E-state index contributed by atoms with van der Waals surface area (Å²) < 4.78 is 7.56. The van der Waals surface area contributed by atoms with Gasteiger partial charge in [-0.05, 0) is 18.2 Å². The minimum Gasteiger partial charge on any atom is -0.437 e. The van der Waals surface area contributed by atoms with Gasteiger partial charge < -0.3 is 15.0 Å². The third-order valence-electron chi connectivity index (χ3n) is 4.27. The molecule has 0 aliphatic heterocycles. The number of rotatable bonds is 7. The normalized spacial score (nSPS) is 10.5. The number of carbonyl (C=O) groups excluding carboxylic acids is 1. The van der Waals surface area contributed by atoms with Gasteiger partial charge in [-0.25, -0.2) is 9.97 Å². The molecule has 2 N–H and O–H groups in total. The molecule has 9 nitrogen and oxygen atoms in total. The predicted octanol–water partition coefficient (Wildman–Crippen LogP) is 3.65. The smallest absolute Gasteiger partial charge is 0.247 e. The van der Waals surface area contributed by atoms with Gasteiger partial charge in [0.2, 0.25) is 11.8 Å². The quantitative estimate of drug-likeness (QED) is 0.458. The van der Waals surface area contributed by atoms with Gasteiger partial charge in [-0.2, -0.15) is 10.4 Å². The minimum absolute atomic E-state index is 0.305. The predicted molar refractivity (Wildman–Crippen MR) is 111 cm³/mol. The van der Waals surface area contributed by atoms with Crippen molar-refractivity contribution in [3.8, 4) is 28.8 Å². The van der Waals surface area contributed by atoms with Gasteiger partial charge in [0.25, 0.3) is 0 Å². The van der Waals surface area contributed by atoms with Crippen LogP contribution in [0.5, 0.6) is 11.6 Å². The number of aryl methyl sites for hydroxylation is 1. The van der Waals surface area contributed by atoms with Crippen LogP contribution in [0, 0.1) is 11.3 Å². The highest BCUT2D eigenvalue weighted by molar-refractivity contribution is 5.99. The number of ether oxygens (including phenoxy) is 1. The molecule has 4 rings (SSSR count). The molecule has 0 saturated carbocycles. The number of hydrogen-bond donors (Lipinski definition) is 2. The molecule has 4 aromatic rings. The largest absolute Gasteiger partial charge is 0.437 e. The molecule has 0 aliphatic carbocycles. The summed E-state index contributed by atoms with van der Waals surface area (Å²) in [6, 6.07) is 9.05. The van der Waals surface area contributed by atoms with Gasteiger partial charge in [-0.15, -0.1) is 0 Å². The van der Waals surface area contributed by atoms with Crippen molar-refractivity contribution >= 4 is 22.8 Å². The molecule has 0 aliphatic rings. The van der Waals surface area contributed by atoms with Crippen molar-refractivity contribution in [1.29, 1.82) is 5.26 Å². The second-order valence-electron chi connectivity index (χ2n) is 6.33. The van der Waals surface area contributed by atoms with Crippen LogP contribution in [-0.2, 0) is 11.3 Å². The maximum absolute atomic E-state index is 11.5. The van der Waals surface area contributed by atoms with E-state index in [4.69, 9.17) is 10.00 Å². The molecular formula is C21H17N7O2. The molecule has 0 spiro atoms. The van der Waals surface area contributed by atoms with Crippen LogP contribution in [0.4, 0.5) is 5.69 Å². The van der Waals surface area contributed by atoms with Gasteiger partial charge in [0.05, 0.1) is 31.4 Å². The summed E-state index contributed by atoms with van der Waals surface area (Å²) in [6.45, 7) is 3.96. The second-order valence-corrected chi connectivity index (χ2v) is 6.33. The zero-order valence-electron chi connectivity index (χ0n) is 15.9. The molecule has 0 fully saturated rings. The average molecular weight is 399 g/mol. The Bertz CT molecular complexity index is 1270. The first kappa shape index (κ1) is 18.9. The summed E-state index contributed by atoms with van der Waals surface area (Å²) in [5, 5.41) is 15.7. The second kappa shape index (κ2) is 8.28. The maximum atomic E-state index is 11.5. The van der Waals surface area contributed by atoms with E-state index in [-0.39, 0.29) is 5.91 Å². The number of hydrogen-bond acceptors (Lipinski definition) is 6. The van der Waals surface area contributed by atoms with Crippen LogP contribution in [-0.4, -0.2) is 30.6 Å². The van der Waals surface area contributed by atoms with E-state index >= 15 is 0 Å². The van der Waals surface area contributed by atoms with Crippen molar-refractivity contribution in [1.82, 2.24) is 24.7 Å². The Morgan fingerprint density at radius 1 is 1.40 bits per heavy atom. The lowest BCUT2D eigenvalue weighted by Gasteiger charge is -2.07. The van der Waals surface area contributed by atoms with E-state index in [0.29, 0.717) is 41.4 Å². The molecule has 0 unspecified atom stereocenters. The standard InChI is InChI=1S/C21H17N7O2/c1-2-18(29)26-15-5-3-6-16(9-15)30-19-12-24-21-20(27-19)17(11-23-21)14-10-25-28(13-14)8-4-7-22/h2-3,5-6,9-13H,1,4,8H2,(H,23,24)(H,26,29). The van der Waals surface area contributed by atoms with Crippen LogP contribution in [0.25, 0.3) is 22.3 Å². The third-order valence-corrected chi connectivity index (χ3v) is 4.27. The van der Waals surface area contributed by atoms with Crippen LogP contribution in [0.15, 0.2) is 61.7 Å². The van der Waals surface area contributed by atoms with Crippen molar-refractivity contribution < 1.29 is 9.53 Å². The van der Waals surface area contributed by atoms with Crippen molar-refractivity contribution in [2.24, 2.45) is 0 Å². The summed E-state index contributed by atoms with van der Waals surface area (Å²) >= 11 is 0. The molecule has 9 heteroatoms. The van der Waals surface area contributed by atoms with Crippen molar-refractivity contribution in [3.05, 3.63) is 61.7 Å². The van der Waals surface area contributed by atoms with E-state index in [9.17, 15) is 4.79 Å². The van der Waals surface area contributed by atoms with Gasteiger partial charge in [0.15, 0.2) is 5.65 Å². The fourth-order valence-electron chi connectivity index (χ4n) is 2.89. The highest BCUT2D eigenvalue weighted by Gasteiger charge is 2.13. The lowest BCUT2D eigenvalue weighted by atomic mass is 10.2. The first-order valence-electron chi connectivity index (χ1n) is 9.11. The lowest BCUT2D eigenvalue weighted by molar-refractivity contribution is -0.111. The van der Waals surface area contributed by atoms with E-state index in [2.05, 4.69) is 38.0 Å². The van der Waals surface area contributed by atoms with Crippen LogP contribution in [0.1, 0.15) is 6.42 Å². The van der Waals surface area contributed by atoms with E-state index in [1.165, 1.54) is 12.3 Å². The molecule has 0 atom stereocenters. The van der Waals surface area contributed by atoms with Gasteiger partial charge >= 0.3 is 0 Å². The van der Waals surface area contributed by atoms with Gasteiger partial charge in [-0.1, -0.05) is 12.6 Å². The minimum atomic E-state index is -0.305. The summed E-state index contributed by atoms with van der Waals surface area (Å²) in [7, 11) is 0. The molecular weight excluding hydrogens is 382 g/mol. The lowest BCUT2D eigenvalue weighted by Crippen LogP contribution is -2.07. The summed E-state index contributed by atoms with van der Waals surface area (Å²) in [5.41, 5.74) is 3.54. The van der Waals surface area contributed by atoms with Crippen LogP contribution >= 0.6 is 0 Å². The number of aromatic nitrogens is 5. The fourth-order valence-corrected chi connectivity index (χ4v) is 2.89. The molecule has 0 bridgehead atoms. The van der Waals surface area contributed by atoms with E-state index < -0.39 is 0 Å². The van der Waals surface area contributed by atoms with Crippen molar-refractivity contribution in [2.75, 3.05) is 5.32 Å². The first-order valence-corrected chi connectivity index (χ1v) is 9.11. The SMILES string of the molecule is C=CC(=O)Nc1cccc(Oc2cnc3[nH]cc(-c4cnn(CCC#N)c4)c3n2)c1. The molecule has 1 amide bonds. The molecule has 3 heterocycles. The van der Waals surface area contributed by atoms with Gasteiger partial charge in [-0.3, -0.25) is 9.48 Å². The van der Waals surface area contributed by atoms with Gasteiger partial charge in [0, 0.05) is 35.3 Å². The molecule has 1 aromatic carbocycles. The van der Waals surface area contributed by atoms with Crippen LogP contribution in [0.2, 0.25) is 0 Å². The number of nitrogens with zero attached hydrogens (tertiary/aromatic N) is 5. The average Bonchev–Trinajstić information content (AvgIpc) is 3.38. The maximum Gasteiger partial charge on any atom is 0.247 e. The van der Waals surface area contributed by atoms with Crippen molar-refractivity contribution in [2.45, 2.75) is 13.0 Å². The molecule has 0 radical (unpaired) electrons. The molecule has 30 heavy (non-hydrogen) atoms. The summed E-state index contributed by atoms with van der Waals surface area (Å²) in [5.74, 6) is 0.514. The zero-order chi connectivity index (χ0) is 20.9. The Kier molecular flexibility index (Phi) is 5.21. The Labute approximate surface area is 171 Å². The number of aromatic amines is 1. The fraction of sp³-hybridized carbons (Fsp3) is 0.0952. The number of carbonyl (C=O) groups is 1. The number of benzene rings is 1. The Balaban J connectivity index is 1.59. The van der Waals surface area contributed by atoms with E-state index in [1.54, 1.807) is 35.1 Å². The highest BCUT2D eigenvalue weighted by atomic mass is 16.5. The number of anilines is 1. The van der Waals surface area contributed by atoms with E-state index in [0.717, 1.165) is 11.1 Å².